The molecular formula is C19H28N2O4. The van der Waals surface area contributed by atoms with Crippen molar-refractivity contribution in [1.29, 1.82) is 0 Å². The number of hydrogen-bond acceptors (Lipinski definition) is 4. The minimum atomic E-state index is -0.536. The molecule has 1 aliphatic heterocycles. The van der Waals surface area contributed by atoms with Gasteiger partial charge in [-0.05, 0) is 40.2 Å². The number of benzene rings is 1. The van der Waals surface area contributed by atoms with Gasteiger partial charge in [0, 0.05) is 13.1 Å². The standard InChI is InChI=1S/C19H28N2O4/c1-14-12-21(18(23)25-19(3,4)5)15(2)11-20(14)17(22)24-13-16-9-7-6-8-10-16/h6-10,14-15H,11-13H2,1-5H3/t14-,15+/m1/s1. The Labute approximate surface area is 149 Å². The molecule has 0 unspecified atom stereocenters. The van der Waals surface area contributed by atoms with E-state index in [4.69, 9.17) is 9.47 Å². The largest absolute Gasteiger partial charge is 0.445 e. The minimum absolute atomic E-state index is 0.129. The summed E-state index contributed by atoms with van der Waals surface area (Å²) in [6.45, 7) is 10.4. The predicted molar refractivity (Wildman–Crippen MR) is 95.2 cm³/mol. The maximum absolute atomic E-state index is 12.4. The van der Waals surface area contributed by atoms with Gasteiger partial charge in [0.15, 0.2) is 0 Å². The molecule has 0 saturated carbocycles. The van der Waals surface area contributed by atoms with Crippen LogP contribution in [0, 0.1) is 0 Å². The van der Waals surface area contributed by atoms with Gasteiger partial charge in [-0.3, -0.25) is 0 Å². The number of piperazine rings is 1. The third-order valence-corrected chi connectivity index (χ3v) is 4.05. The molecule has 2 rings (SSSR count). The number of nitrogens with zero attached hydrogens (tertiary/aromatic N) is 2. The van der Waals surface area contributed by atoms with E-state index in [1.807, 2.05) is 65.0 Å². The van der Waals surface area contributed by atoms with Gasteiger partial charge < -0.3 is 19.3 Å². The van der Waals surface area contributed by atoms with Gasteiger partial charge in [-0.15, -0.1) is 0 Å². The fourth-order valence-electron chi connectivity index (χ4n) is 2.76. The topological polar surface area (TPSA) is 59.1 Å². The van der Waals surface area contributed by atoms with E-state index in [0.29, 0.717) is 13.1 Å². The summed E-state index contributed by atoms with van der Waals surface area (Å²) in [6, 6.07) is 9.31. The molecular weight excluding hydrogens is 320 g/mol. The third kappa shape index (κ3) is 5.37. The number of ether oxygens (including phenoxy) is 2. The molecule has 0 aliphatic carbocycles. The van der Waals surface area contributed by atoms with E-state index in [1.54, 1.807) is 9.80 Å². The highest BCUT2D eigenvalue weighted by Crippen LogP contribution is 2.20. The SMILES string of the molecule is C[C@@H]1CN(C(=O)OC(C)(C)C)[C@@H](C)CN1C(=O)OCc1ccccc1. The van der Waals surface area contributed by atoms with Crippen LogP contribution in [0.1, 0.15) is 40.2 Å². The smallest absolute Gasteiger partial charge is 0.410 e. The predicted octanol–water partition coefficient (Wildman–Crippen LogP) is 3.65. The van der Waals surface area contributed by atoms with Gasteiger partial charge in [0.05, 0.1) is 12.1 Å². The summed E-state index contributed by atoms with van der Waals surface area (Å²) >= 11 is 0. The van der Waals surface area contributed by atoms with Crippen molar-refractivity contribution in [2.75, 3.05) is 13.1 Å². The summed E-state index contributed by atoms with van der Waals surface area (Å²) in [4.78, 5) is 28.1. The third-order valence-electron chi connectivity index (χ3n) is 4.05. The number of hydrogen-bond donors (Lipinski definition) is 0. The minimum Gasteiger partial charge on any atom is -0.445 e. The molecule has 0 N–H and O–H groups in total. The van der Waals surface area contributed by atoms with Crippen molar-refractivity contribution in [3.8, 4) is 0 Å². The summed E-state index contributed by atoms with van der Waals surface area (Å²) in [7, 11) is 0. The number of amides is 2. The Kier molecular flexibility index (Phi) is 5.93. The van der Waals surface area contributed by atoms with Crippen molar-refractivity contribution in [3.05, 3.63) is 35.9 Å². The second-order valence-electron chi connectivity index (χ2n) is 7.52. The Hall–Kier alpha value is -2.24. The lowest BCUT2D eigenvalue weighted by Crippen LogP contribution is -2.60. The molecule has 0 radical (unpaired) electrons. The van der Waals surface area contributed by atoms with Gasteiger partial charge >= 0.3 is 12.2 Å². The van der Waals surface area contributed by atoms with E-state index in [0.717, 1.165) is 5.56 Å². The Balaban J connectivity index is 1.92. The van der Waals surface area contributed by atoms with Crippen molar-refractivity contribution in [2.24, 2.45) is 0 Å². The second-order valence-corrected chi connectivity index (χ2v) is 7.52. The molecule has 138 valence electrons. The molecule has 1 aliphatic rings. The molecule has 6 nitrogen and oxygen atoms in total. The number of carbonyl (C=O) groups is 2. The first-order valence-electron chi connectivity index (χ1n) is 8.64. The lowest BCUT2D eigenvalue weighted by atomic mass is 10.1. The Morgan fingerprint density at radius 3 is 2.04 bits per heavy atom. The van der Waals surface area contributed by atoms with Gasteiger partial charge in [0.25, 0.3) is 0 Å². The maximum atomic E-state index is 12.4. The summed E-state index contributed by atoms with van der Waals surface area (Å²) < 4.78 is 10.9. The maximum Gasteiger partial charge on any atom is 0.410 e. The zero-order valence-electron chi connectivity index (χ0n) is 15.7. The van der Waals surface area contributed by atoms with Crippen LogP contribution in [0.15, 0.2) is 30.3 Å². The van der Waals surface area contributed by atoms with E-state index < -0.39 is 5.60 Å². The van der Waals surface area contributed by atoms with E-state index in [2.05, 4.69) is 0 Å². The summed E-state index contributed by atoms with van der Waals surface area (Å²) in [5, 5.41) is 0. The van der Waals surface area contributed by atoms with Crippen LogP contribution in [0.2, 0.25) is 0 Å². The van der Waals surface area contributed by atoms with Crippen LogP contribution in [-0.4, -0.2) is 52.8 Å². The molecule has 1 aromatic rings. The Morgan fingerprint density at radius 1 is 1.00 bits per heavy atom. The van der Waals surface area contributed by atoms with Crippen LogP contribution in [0.3, 0.4) is 0 Å². The van der Waals surface area contributed by atoms with E-state index >= 15 is 0 Å². The van der Waals surface area contributed by atoms with Gasteiger partial charge in [0.2, 0.25) is 0 Å². The molecule has 1 fully saturated rings. The van der Waals surface area contributed by atoms with Gasteiger partial charge in [-0.25, -0.2) is 9.59 Å². The second kappa shape index (κ2) is 7.76. The highest BCUT2D eigenvalue weighted by atomic mass is 16.6. The lowest BCUT2D eigenvalue weighted by Gasteiger charge is -2.43. The molecule has 2 atom stereocenters. The number of rotatable bonds is 2. The van der Waals surface area contributed by atoms with Crippen LogP contribution in [-0.2, 0) is 16.1 Å². The molecule has 0 bridgehead atoms. The number of carbonyl (C=O) groups excluding carboxylic acids is 2. The molecule has 0 aromatic heterocycles. The zero-order chi connectivity index (χ0) is 18.6. The highest BCUT2D eigenvalue weighted by molar-refractivity contribution is 5.71. The first-order valence-corrected chi connectivity index (χ1v) is 8.64. The van der Waals surface area contributed by atoms with Crippen LogP contribution in [0.25, 0.3) is 0 Å². The first kappa shape index (κ1) is 19.1. The average molecular weight is 348 g/mol. The van der Waals surface area contributed by atoms with Crippen LogP contribution in [0.5, 0.6) is 0 Å². The molecule has 2 amide bonds. The Morgan fingerprint density at radius 2 is 1.52 bits per heavy atom. The first-order chi connectivity index (χ1) is 11.7. The van der Waals surface area contributed by atoms with Crippen LogP contribution in [0.4, 0.5) is 9.59 Å². The van der Waals surface area contributed by atoms with Gasteiger partial charge in [-0.1, -0.05) is 30.3 Å². The highest BCUT2D eigenvalue weighted by Gasteiger charge is 2.37. The molecule has 6 heteroatoms. The summed E-state index contributed by atoms with van der Waals surface area (Å²) in [5.74, 6) is 0. The molecule has 1 saturated heterocycles. The van der Waals surface area contributed by atoms with Crippen molar-refractivity contribution < 1.29 is 19.1 Å². The normalized spacial score (nSPS) is 21.0. The zero-order valence-corrected chi connectivity index (χ0v) is 15.7. The van der Waals surface area contributed by atoms with Crippen molar-refractivity contribution in [3.63, 3.8) is 0 Å². The molecule has 0 spiro atoms. The van der Waals surface area contributed by atoms with Crippen molar-refractivity contribution >= 4 is 12.2 Å². The average Bonchev–Trinajstić information content (AvgIpc) is 2.53. The van der Waals surface area contributed by atoms with Crippen molar-refractivity contribution in [2.45, 2.75) is 58.9 Å². The fourth-order valence-corrected chi connectivity index (χ4v) is 2.76. The van der Waals surface area contributed by atoms with E-state index in [9.17, 15) is 9.59 Å². The lowest BCUT2D eigenvalue weighted by molar-refractivity contribution is -0.0117. The summed E-state index contributed by atoms with van der Waals surface area (Å²) in [5.41, 5.74) is 0.412. The molecule has 25 heavy (non-hydrogen) atoms. The van der Waals surface area contributed by atoms with Gasteiger partial charge in [-0.2, -0.15) is 0 Å². The van der Waals surface area contributed by atoms with E-state index in [-0.39, 0.29) is 30.9 Å². The molecule has 1 aromatic carbocycles. The summed E-state index contributed by atoms with van der Waals surface area (Å²) in [6.07, 6.45) is -0.698. The van der Waals surface area contributed by atoms with Crippen molar-refractivity contribution in [1.82, 2.24) is 9.80 Å². The monoisotopic (exact) mass is 348 g/mol. The fraction of sp³-hybridized carbons (Fsp3) is 0.579. The quantitative estimate of drug-likeness (QED) is 0.818. The van der Waals surface area contributed by atoms with Gasteiger partial charge in [0.1, 0.15) is 12.2 Å². The van der Waals surface area contributed by atoms with Crippen LogP contribution >= 0.6 is 0 Å². The van der Waals surface area contributed by atoms with Crippen LogP contribution < -0.4 is 0 Å². The Bertz CT molecular complexity index is 597. The molecule has 1 heterocycles. The van der Waals surface area contributed by atoms with E-state index in [1.165, 1.54) is 0 Å².